The van der Waals surface area contributed by atoms with Gasteiger partial charge in [0.15, 0.2) is 17.3 Å². The normalized spacial score (nSPS) is 19.3. The zero-order chi connectivity index (χ0) is 22.9. The molecule has 3 aromatic rings. The Balaban J connectivity index is 1.60. The summed E-state index contributed by atoms with van der Waals surface area (Å²) < 4.78 is 38.4. The average Bonchev–Trinajstić information content (AvgIpc) is 3.51. The molecule has 32 heavy (non-hydrogen) atoms. The fraction of sp³-hybridized carbons (Fsp3) is 0.292. The maximum Gasteiger partial charge on any atom is 0.228 e. The fourth-order valence-corrected chi connectivity index (χ4v) is 3.86. The molecule has 1 saturated carbocycles. The number of carbonyl (C=O) groups is 1. The minimum atomic E-state index is -0.678. The van der Waals surface area contributed by atoms with Crippen LogP contribution in [0, 0.1) is 31.4 Å². The Kier molecular flexibility index (Phi) is 5.78. The highest BCUT2D eigenvalue weighted by molar-refractivity contribution is 5.96. The zero-order valence-electron chi connectivity index (χ0n) is 18.0. The monoisotopic (exact) mass is 439 g/mol. The molecule has 6 nitrogen and oxygen atoms in total. The first-order valence-corrected chi connectivity index (χ1v) is 10.2. The molecular weight excluding hydrogens is 416 g/mol. The molecule has 4 rings (SSSR count). The Morgan fingerprint density at radius 1 is 1.16 bits per heavy atom. The van der Waals surface area contributed by atoms with E-state index >= 15 is 0 Å². The van der Waals surface area contributed by atoms with E-state index in [4.69, 9.17) is 9.47 Å². The van der Waals surface area contributed by atoms with Crippen LogP contribution >= 0.6 is 0 Å². The SMILES string of the molecule is COc1cc([C@]2(COc3cnc(C)nc3C)C[C@H]2C(=O)Nc2ccc(F)cc2)ccc1F. The molecular formula is C24H23F2N3O3. The van der Waals surface area contributed by atoms with Gasteiger partial charge in [0.2, 0.25) is 5.91 Å². The number of aryl methyl sites for hydroxylation is 2. The lowest BCUT2D eigenvalue weighted by molar-refractivity contribution is -0.117. The quantitative estimate of drug-likeness (QED) is 0.592. The van der Waals surface area contributed by atoms with Crippen LogP contribution in [0.25, 0.3) is 0 Å². The van der Waals surface area contributed by atoms with Crippen LogP contribution in [0.4, 0.5) is 14.5 Å². The van der Waals surface area contributed by atoms with Crippen molar-refractivity contribution < 1.29 is 23.0 Å². The molecule has 1 heterocycles. The Morgan fingerprint density at radius 3 is 2.59 bits per heavy atom. The van der Waals surface area contributed by atoms with E-state index in [0.717, 1.165) is 5.56 Å². The van der Waals surface area contributed by atoms with Gasteiger partial charge in [0.1, 0.15) is 11.6 Å². The summed E-state index contributed by atoms with van der Waals surface area (Å²) in [5, 5.41) is 2.82. The van der Waals surface area contributed by atoms with Crippen molar-refractivity contribution >= 4 is 11.6 Å². The summed E-state index contributed by atoms with van der Waals surface area (Å²) in [5.41, 5.74) is 1.25. The number of anilines is 1. The van der Waals surface area contributed by atoms with E-state index in [1.54, 1.807) is 25.3 Å². The third-order valence-electron chi connectivity index (χ3n) is 5.77. The lowest BCUT2D eigenvalue weighted by Crippen LogP contribution is -2.27. The van der Waals surface area contributed by atoms with Crippen LogP contribution in [-0.4, -0.2) is 29.6 Å². The number of nitrogens with zero attached hydrogens (tertiary/aromatic N) is 2. The standard InChI is InChI=1S/C24H23F2N3O3/c1-14-22(12-27-15(2)28-14)32-13-24(16-4-9-20(26)21(10-16)31-3)11-19(24)23(30)29-18-7-5-17(25)6-8-18/h4-10,12,19H,11,13H2,1-3H3,(H,29,30)/t19-,24+/m0/s1. The second-order valence-electron chi connectivity index (χ2n) is 7.91. The highest BCUT2D eigenvalue weighted by atomic mass is 19.1. The van der Waals surface area contributed by atoms with E-state index < -0.39 is 17.2 Å². The van der Waals surface area contributed by atoms with E-state index in [2.05, 4.69) is 15.3 Å². The van der Waals surface area contributed by atoms with Gasteiger partial charge >= 0.3 is 0 Å². The number of amides is 1. The highest BCUT2D eigenvalue weighted by Gasteiger charge is 2.60. The lowest BCUT2D eigenvalue weighted by Gasteiger charge is -2.20. The summed E-state index contributed by atoms with van der Waals surface area (Å²) in [5.74, 6) is -0.255. The summed E-state index contributed by atoms with van der Waals surface area (Å²) in [6, 6.07) is 10.1. The number of nitrogens with one attached hydrogen (secondary N) is 1. The first kappa shape index (κ1) is 21.7. The van der Waals surface area contributed by atoms with Crippen molar-refractivity contribution in [3.8, 4) is 11.5 Å². The number of halogens is 2. The Hall–Kier alpha value is -3.55. The van der Waals surface area contributed by atoms with Gasteiger partial charge in [-0.1, -0.05) is 6.07 Å². The first-order chi connectivity index (χ1) is 15.3. The largest absolute Gasteiger partial charge is 0.494 e. The van der Waals surface area contributed by atoms with Gasteiger partial charge in [0.25, 0.3) is 0 Å². The van der Waals surface area contributed by atoms with Crippen LogP contribution in [0.2, 0.25) is 0 Å². The molecule has 8 heteroatoms. The molecule has 0 spiro atoms. The van der Waals surface area contributed by atoms with Crippen molar-refractivity contribution in [3.05, 3.63) is 77.4 Å². The van der Waals surface area contributed by atoms with Crippen molar-refractivity contribution in [2.75, 3.05) is 19.0 Å². The van der Waals surface area contributed by atoms with Crippen molar-refractivity contribution in [1.82, 2.24) is 9.97 Å². The molecule has 1 N–H and O–H groups in total. The summed E-state index contributed by atoms with van der Waals surface area (Å²) in [4.78, 5) is 21.5. The molecule has 0 aliphatic heterocycles. The molecule has 2 aromatic carbocycles. The summed E-state index contributed by atoms with van der Waals surface area (Å²) >= 11 is 0. The van der Waals surface area contributed by atoms with Crippen LogP contribution in [0.3, 0.4) is 0 Å². The van der Waals surface area contributed by atoms with Crippen molar-refractivity contribution in [2.45, 2.75) is 25.7 Å². The fourth-order valence-electron chi connectivity index (χ4n) is 3.86. The van der Waals surface area contributed by atoms with Crippen LogP contribution in [0.1, 0.15) is 23.5 Å². The molecule has 166 valence electrons. The molecule has 1 fully saturated rings. The van der Waals surface area contributed by atoms with Gasteiger partial charge < -0.3 is 14.8 Å². The van der Waals surface area contributed by atoms with E-state index in [1.165, 1.54) is 37.4 Å². The first-order valence-electron chi connectivity index (χ1n) is 10.2. The molecule has 0 saturated heterocycles. The Labute approximate surface area is 184 Å². The van der Waals surface area contributed by atoms with Gasteiger partial charge in [-0.3, -0.25) is 4.79 Å². The molecule has 1 aliphatic rings. The molecule has 0 bridgehead atoms. The third-order valence-corrected chi connectivity index (χ3v) is 5.77. The number of hydrogen-bond acceptors (Lipinski definition) is 5. The molecule has 1 aliphatic carbocycles. The van der Waals surface area contributed by atoms with E-state index in [0.29, 0.717) is 29.4 Å². The molecule has 0 unspecified atom stereocenters. The summed E-state index contributed by atoms with van der Waals surface area (Å²) in [6.45, 7) is 3.79. The number of carbonyl (C=O) groups excluding carboxylic acids is 1. The predicted octanol–water partition coefficient (Wildman–Crippen LogP) is 4.36. The third kappa shape index (κ3) is 4.26. The number of rotatable bonds is 7. The van der Waals surface area contributed by atoms with Crippen LogP contribution in [-0.2, 0) is 10.2 Å². The van der Waals surface area contributed by atoms with Crippen molar-refractivity contribution in [2.24, 2.45) is 5.92 Å². The van der Waals surface area contributed by atoms with E-state index in [9.17, 15) is 13.6 Å². The number of methoxy groups -OCH3 is 1. The maximum atomic E-state index is 14.0. The number of hydrogen-bond donors (Lipinski definition) is 1. The average molecular weight is 439 g/mol. The van der Waals surface area contributed by atoms with Crippen LogP contribution in [0.15, 0.2) is 48.7 Å². The number of benzene rings is 2. The topological polar surface area (TPSA) is 73.3 Å². The lowest BCUT2D eigenvalue weighted by atomic mass is 9.93. The van der Waals surface area contributed by atoms with Crippen LogP contribution < -0.4 is 14.8 Å². The molecule has 1 aromatic heterocycles. The van der Waals surface area contributed by atoms with Gasteiger partial charge in [0, 0.05) is 11.1 Å². The van der Waals surface area contributed by atoms with Gasteiger partial charge in [-0.2, -0.15) is 0 Å². The van der Waals surface area contributed by atoms with Gasteiger partial charge in [0.05, 0.1) is 31.5 Å². The number of aromatic nitrogens is 2. The van der Waals surface area contributed by atoms with Crippen molar-refractivity contribution in [1.29, 1.82) is 0 Å². The zero-order valence-corrected chi connectivity index (χ0v) is 18.0. The summed E-state index contributed by atoms with van der Waals surface area (Å²) in [7, 11) is 1.39. The second-order valence-corrected chi connectivity index (χ2v) is 7.91. The van der Waals surface area contributed by atoms with Gasteiger partial charge in [-0.05, 0) is 62.2 Å². The highest BCUT2D eigenvalue weighted by Crippen LogP contribution is 2.55. The number of ether oxygens (including phenoxy) is 2. The smallest absolute Gasteiger partial charge is 0.228 e. The molecule has 0 radical (unpaired) electrons. The molecule has 2 atom stereocenters. The summed E-state index contributed by atoms with van der Waals surface area (Å²) in [6.07, 6.45) is 2.10. The minimum Gasteiger partial charge on any atom is -0.494 e. The maximum absolute atomic E-state index is 14.0. The Bertz CT molecular complexity index is 1150. The van der Waals surface area contributed by atoms with E-state index in [1.807, 2.05) is 6.92 Å². The van der Waals surface area contributed by atoms with Crippen LogP contribution in [0.5, 0.6) is 11.5 Å². The predicted molar refractivity (Wildman–Crippen MR) is 115 cm³/mol. The van der Waals surface area contributed by atoms with E-state index in [-0.39, 0.29) is 24.1 Å². The molecule has 1 amide bonds. The van der Waals surface area contributed by atoms with Crippen molar-refractivity contribution in [3.63, 3.8) is 0 Å². The van der Waals surface area contributed by atoms with Gasteiger partial charge in [-0.25, -0.2) is 18.7 Å². The second kappa shape index (κ2) is 8.53. The minimum absolute atomic E-state index is 0.0984. The Morgan fingerprint density at radius 2 is 1.91 bits per heavy atom. The van der Waals surface area contributed by atoms with Gasteiger partial charge in [-0.15, -0.1) is 0 Å².